The van der Waals surface area contributed by atoms with Gasteiger partial charge in [0, 0.05) is 14.5 Å². The Balaban J connectivity index is 1.57. The number of hydrogen-bond donors (Lipinski definition) is 0. The molecular weight excluding hydrogens is 396 g/mol. The summed E-state index contributed by atoms with van der Waals surface area (Å²) in [4.78, 5) is 6.78. The van der Waals surface area contributed by atoms with Crippen molar-refractivity contribution in [1.29, 1.82) is 0 Å². The molecule has 0 saturated heterocycles. The molecule has 32 heavy (non-hydrogen) atoms. The molecule has 0 atom stereocenters. The first-order chi connectivity index (χ1) is 16.3. The maximum Gasteiger partial charge on any atom is 0.164 e. The third-order valence-electron chi connectivity index (χ3n) is 5.52. The zero-order valence-corrected chi connectivity index (χ0v) is 18.2. The lowest BCUT2D eigenvalue weighted by Crippen LogP contribution is -2.20. The van der Waals surface area contributed by atoms with Crippen LogP contribution in [-0.4, -0.2) is 4.98 Å². The number of nitrogens with zero attached hydrogens (tertiary/aromatic N) is 2. The fraction of sp³-hybridized carbons (Fsp3) is 0.179. The summed E-state index contributed by atoms with van der Waals surface area (Å²) < 4.78 is 30.2. The van der Waals surface area contributed by atoms with Crippen LogP contribution in [-0.2, 0) is 6.37 Å². The zero-order valence-electron chi connectivity index (χ0n) is 20.2. The monoisotopic (exact) mass is 422 g/mol. The second-order valence-electron chi connectivity index (χ2n) is 9.07. The molecule has 3 heterocycles. The summed E-state index contributed by atoms with van der Waals surface area (Å²) in [5.41, 5.74) is 4.16. The quantitative estimate of drug-likeness (QED) is 0.283. The number of hydrogen-bond acceptors (Lipinski definition) is 4. The minimum absolute atomic E-state index is 0.570. The highest BCUT2D eigenvalue weighted by atomic mass is 16.5. The van der Waals surface area contributed by atoms with Crippen molar-refractivity contribution in [1.82, 2.24) is 4.98 Å². The smallest absolute Gasteiger partial charge is 0.164 e. The molecule has 0 aliphatic carbocycles. The number of anilines is 3. The molecule has 0 saturated carbocycles. The number of fused-ring (bicyclic) bond motifs is 4. The van der Waals surface area contributed by atoms with E-state index in [4.69, 9.17) is 12.2 Å². The molecule has 158 valence electrons. The highest BCUT2D eigenvalue weighted by molar-refractivity contribution is 5.97. The van der Waals surface area contributed by atoms with E-state index in [2.05, 4.69) is 9.88 Å². The van der Waals surface area contributed by atoms with E-state index in [1.807, 2.05) is 87.5 Å². The average Bonchev–Trinajstić information content (AvgIpc) is 2.83. The lowest BCUT2D eigenvalue weighted by Gasteiger charge is -2.38. The molecule has 3 aromatic carbocycles. The van der Waals surface area contributed by atoms with Crippen LogP contribution in [0.15, 0.2) is 79.0 Å². The number of benzene rings is 3. The van der Waals surface area contributed by atoms with E-state index in [0.717, 1.165) is 34.1 Å². The van der Waals surface area contributed by atoms with E-state index in [1.54, 1.807) is 12.3 Å². The number of para-hydroxylation sites is 4. The first-order valence-corrected chi connectivity index (χ1v) is 10.7. The first-order valence-electron chi connectivity index (χ1n) is 11.7. The largest absolute Gasteiger partial charge is 0.453 e. The van der Waals surface area contributed by atoms with Crippen LogP contribution in [0.1, 0.15) is 29.1 Å². The summed E-state index contributed by atoms with van der Waals surface area (Å²) in [5.74, 6) is 2.87. The van der Waals surface area contributed by atoms with Gasteiger partial charge in [0.05, 0.1) is 17.1 Å². The zero-order chi connectivity index (χ0) is 23.7. The molecule has 2 aliphatic rings. The van der Waals surface area contributed by atoms with Crippen LogP contribution in [0.25, 0.3) is 11.3 Å². The van der Waals surface area contributed by atoms with Gasteiger partial charge in [-0.05, 0) is 65.9 Å². The average molecular weight is 423 g/mol. The van der Waals surface area contributed by atoms with Gasteiger partial charge in [-0.15, -0.1) is 0 Å². The molecule has 4 nitrogen and oxygen atoms in total. The lowest BCUT2D eigenvalue weighted by molar-refractivity contribution is 0.411. The third-order valence-corrected chi connectivity index (χ3v) is 5.52. The second kappa shape index (κ2) is 6.86. The summed E-state index contributed by atoms with van der Waals surface area (Å²) in [6, 6.07) is 23.3. The molecule has 1 aromatic heterocycles. The first kappa shape index (κ1) is 16.8. The van der Waals surface area contributed by atoms with Crippen molar-refractivity contribution in [3.8, 4) is 34.3 Å². The Morgan fingerprint density at radius 3 is 2.25 bits per heavy atom. The van der Waals surface area contributed by atoms with Gasteiger partial charge in [-0.2, -0.15) is 0 Å². The molecule has 4 heteroatoms. The predicted molar refractivity (Wildman–Crippen MR) is 128 cm³/mol. The van der Waals surface area contributed by atoms with Crippen molar-refractivity contribution >= 4 is 17.1 Å². The van der Waals surface area contributed by atoms with Gasteiger partial charge in [0.25, 0.3) is 0 Å². The van der Waals surface area contributed by atoms with Crippen LogP contribution in [0.2, 0.25) is 0 Å². The summed E-state index contributed by atoms with van der Waals surface area (Å²) in [6.07, 6.45) is 0.137. The minimum Gasteiger partial charge on any atom is -0.453 e. The number of aromatic nitrogens is 1. The Bertz CT molecular complexity index is 1430. The predicted octanol–water partition coefficient (Wildman–Crippen LogP) is 8.02. The highest BCUT2D eigenvalue weighted by Crippen LogP contribution is 2.61. The van der Waals surface area contributed by atoms with Crippen LogP contribution in [0.5, 0.6) is 23.0 Å². The van der Waals surface area contributed by atoms with Crippen molar-refractivity contribution in [3.05, 3.63) is 84.6 Å². The topological polar surface area (TPSA) is 34.6 Å². The Kier molecular flexibility index (Phi) is 3.61. The summed E-state index contributed by atoms with van der Waals surface area (Å²) in [5, 5.41) is 0. The van der Waals surface area contributed by atoms with Gasteiger partial charge >= 0.3 is 0 Å². The van der Waals surface area contributed by atoms with Crippen LogP contribution < -0.4 is 14.4 Å². The van der Waals surface area contributed by atoms with E-state index < -0.39 is 11.8 Å². The third kappa shape index (κ3) is 3.02. The molecule has 0 fully saturated rings. The van der Waals surface area contributed by atoms with Gasteiger partial charge in [0.2, 0.25) is 0 Å². The Labute approximate surface area is 190 Å². The Morgan fingerprint density at radius 1 is 0.844 bits per heavy atom. The normalized spacial score (nSPS) is 14.8. The van der Waals surface area contributed by atoms with Crippen LogP contribution in [0.3, 0.4) is 0 Å². The fourth-order valence-corrected chi connectivity index (χ4v) is 4.30. The number of rotatable bonds is 2. The molecule has 0 spiro atoms. The fourth-order valence-electron chi connectivity index (χ4n) is 4.30. The van der Waals surface area contributed by atoms with E-state index >= 15 is 0 Å². The summed E-state index contributed by atoms with van der Waals surface area (Å²) in [7, 11) is 0. The van der Waals surface area contributed by atoms with E-state index in [9.17, 15) is 0 Å². The van der Waals surface area contributed by atoms with Gasteiger partial charge < -0.3 is 9.47 Å². The van der Waals surface area contributed by atoms with Gasteiger partial charge in [-0.25, -0.2) is 0 Å². The molecule has 0 unspecified atom stereocenters. The van der Waals surface area contributed by atoms with Gasteiger partial charge in [-0.3, -0.25) is 9.88 Å². The molecule has 0 amide bonds. The van der Waals surface area contributed by atoms with Gasteiger partial charge in [-0.1, -0.05) is 45.0 Å². The van der Waals surface area contributed by atoms with E-state index in [1.165, 1.54) is 0 Å². The Hall–Kier alpha value is -3.79. The second-order valence-corrected chi connectivity index (χ2v) is 9.07. The molecule has 4 aromatic rings. The van der Waals surface area contributed by atoms with E-state index in [0.29, 0.717) is 22.8 Å². The highest BCUT2D eigenvalue weighted by Gasteiger charge is 2.36. The number of ether oxygens (including phenoxy) is 2. The lowest BCUT2D eigenvalue weighted by atomic mass is 9.88. The van der Waals surface area contributed by atoms with Crippen molar-refractivity contribution in [2.24, 2.45) is 5.41 Å². The molecule has 6 rings (SSSR count). The Morgan fingerprint density at radius 2 is 1.53 bits per heavy atom. The van der Waals surface area contributed by atoms with Crippen molar-refractivity contribution in [2.75, 3.05) is 4.90 Å². The molecule has 0 radical (unpaired) electrons. The standard InChI is InChI=1S/C28H24N2O2/c1-28(2,3)17-18-14-15-29-20(16-18)19-12-13-25-26-27(19)32-24-11-7-5-9-22(24)30(26)21-8-4-6-10-23(21)31-25/h4-16H,17H2,1-3H3/i17D2. The van der Waals surface area contributed by atoms with Crippen LogP contribution in [0, 0.1) is 5.41 Å². The van der Waals surface area contributed by atoms with Crippen molar-refractivity contribution < 1.29 is 12.2 Å². The SMILES string of the molecule is [2H]C([2H])(c1ccnc(-c2ccc3c4c2Oc2ccccc2N4c2ccccc2O3)c1)C(C)(C)C. The van der Waals surface area contributed by atoms with Gasteiger partial charge in [0.15, 0.2) is 23.0 Å². The van der Waals surface area contributed by atoms with Crippen molar-refractivity contribution in [2.45, 2.75) is 27.1 Å². The molecular formula is C28H24N2O2. The molecule has 0 N–H and O–H groups in total. The summed E-state index contributed by atoms with van der Waals surface area (Å²) >= 11 is 0. The summed E-state index contributed by atoms with van der Waals surface area (Å²) in [6.45, 7) is 5.72. The number of pyridine rings is 1. The maximum atomic E-state index is 8.73. The minimum atomic E-state index is -1.53. The molecule has 2 aliphatic heterocycles. The van der Waals surface area contributed by atoms with E-state index in [-0.39, 0.29) is 0 Å². The van der Waals surface area contributed by atoms with Crippen LogP contribution in [0.4, 0.5) is 17.1 Å². The van der Waals surface area contributed by atoms with Crippen LogP contribution >= 0.6 is 0 Å². The van der Waals surface area contributed by atoms with Crippen molar-refractivity contribution in [3.63, 3.8) is 0 Å². The molecule has 0 bridgehead atoms. The maximum absolute atomic E-state index is 8.73. The van der Waals surface area contributed by atoms with Gasteiger partial charge in [0.1, 0.15) is 5.69 Å².